The fraction of sp³-hybridized carbons (Fsp3) is 0.769. The molecule has 0 amide bonds. The zero-order valence-corrected chi connectivity index (χ0v) is 15.7. The van der Waals surface area contributed by atoms with Crippen LogP contribution in [0.4, 0.5) is 0 Å². The van der Waals surface area contributed by atoms with Crippen molar-refractivity contribution in [3.05, 3.63) is 0 Å². The molecule has 1 fully saturated rings. The molecule has 110 valence electrons. The van der Waals surface area contributed by atoms with Gasteiger partial charge in [-0.25, -0.2) is 0 Å². The Hall–Kier alpha value is 0.260. The highest BCUT2D eigenvalue weighted by molar-refractivity contribution is 14.0. The molecule has 0 saturated carbocycles. The van der Waals surface area contributed by atoms with Gasteiger partial charge in [0.1, 0.15) is 0 Å². The molecule has 1 unspecified atom stereocenters. The van der Waals surface area contributed by atoms with Crippen molar-refractivity contribution in [3.8, 4) is 12.3 Å². The molecular formula is C13H24IN3S2. The van der Waals surface area contributed by atoms with Crippen LogP contribution in [0.25, 0.3) is 0 Å². The van der Waals surface area contributed by atoms with Crippen molar-refractivity contribution in [1.29, 1.82) is 0 Å². The summed E-state index contributed by atoms with van der Waals surface area (Å²) >= 11 is 3.86. The van der Waals surface area contributed by atoms with Crippen molar-refractivity contribution in [2.24, 2.45) is 4.99 Å². The van der Waals surface area contributed by atoms with Crippen LogP contribution in [0, 0.1) is 12.3 Å². The molecule has 1 saturated heterocycles. The van der Waals surface area contributed by atoms with E-state index in [1.54, 1.807) is 11.8 Å². The highest BCUT2D eigenvalue weighted by atomic mass is 127. The normalized spacial score (nSPS) is 19.5. The van der Waals surface area contributed by atoms with E-state index in [4.69, 9.17) is 6.42 Å². The molecule has 1 aliphatic rings. The Bertz CT molecular complexity index is 305. The van der Waals surface area contributed by atoms with Crippen LogP contribution in [0.15, 0.2) is 4.99 Å². The molecule has 6 heteroatoms. The zero-order valence-electron chi connectivity index (χ0n) is 11.7. The van der Waals surface area contributed by atoms with Gasteiger partial charge in [0.15, 0.2) is 5.96 Å². The van der Waals surface area contributed by atoms with Crippen molar-refractivity contribution in [2.75, 3.05) is 43.9 Å². The monoisotopic (exact) mass is 413 g/mol. The van der Waals surface area contributed by atoms with Gasteiger partial charge in [-0.3, -0.25) is 4.99 Å². The molecule has 19 heavy (non-hydrogen) atoms. The molecule has 1 rings (SSSR count). The standard InChI is InChI=1S/C13H23N3S2.HI/c1-4-8-17-9-6-15-13(14-3)16-7-10-18-12(5-2)11-16;/h1,12H,5-11H2,2-3H3,(H,14,15);1H. The fourth-order valence-electron chi connectivity index (χ4n) is 1.86. The molecule has 1 atom stereocenters. The summed E-state index contributed by atoms with van der Waals surface area (Å²) in [7, 11) is 1.86. The first kappa shape index (κ1) is 19.3. The predicted molar refractivity (Wildman–Crippen MR) is 101 cm³/mol. The molecule has 0 aliphatic carbocycles. The van der Waals surface area contributed by atoms with Gasteiger partial charge in [0.05, 0.1) is 5.75 Å². The Morgan fingerprint density at radius 1 is 1.63 bits per heavy atom. The van der Waals surface area contributed by atoms with Gasteiger partial charge in [0.2, 0.25) is 0 Å². The third-order valence-corrected chi connectivity index (χ3v) is 5.06. The summed E-state index contributed by atoms with van der Waals surface area (Å²) < 4.78 is 0. The van der Waals surface area contributed by atoms with E-state index in [0.717, 1.165) is 42.3 Å². The fourth-order valence-corrected chi connectivity index (χ4v) is 3.55. The van der Waals surface area contributed by atoms with E-state index in [9.17, 15) is 0 Å². The Morgan fingerprint density at radius 2 is 2.42 bits per heavy atom. The molecule has 3 nitrogen and oxygen atoms in total. The summed E-state index contributed by atoms with van der Waals surface area (Å²) in [5.74, 6) is 6.70. The minimum absolute atomic E-state index is 0. The molecule has 0 bridgehead atoms. The number of rotatable bonds is 5. The minimum atomic E-state index is 0. The molecule has 0 radical (unpaired) electrons. The van der Waals surface area contributed by atoms with Gasteiger partial charge in [-0.15, -0.1) is 42.2 Å². The van der Waals surface area contributed by atoms with Crippen molar-refractivity contribution in [3.63, 3.8) is 0 Å². The molecule has 1 aliphatic heterocycles. The van der Waals surface area contributed by atoms with Crippen LogP contribution >= 0.6 is 47.5 Å². The van der Waals surface area contributed by atoms with Gasteiger partial charge in [-0.2, -0.15) is 11.8 Å². The average molecular weight is 413 g/mol. The Labute approximate surface area is 143 Å². The number of halogens is 1. The summed E-state index contributed by atoms with van der Waals surface area (Å²) in [6.07, 6.45) is 6.45. The number of hydrogen-bond acceptors (Lipinski definition) is 3. The second-order valence-corrected chi connectivity index (χ2v) is 6.59. The first-order valence-corrected chi connectivity index (χ1v) is 8.60. The second kappa shape index (κ2) is 12.0. The van der Waals surface area contributed by atoms with Crippen LogP contribution in [0.1, 0.15) is 13.3 Å². The molecule has 0 aromatic rings. The van der Waals surface area contributed by atoms with Crippen molar-refractivity contribution >= 4 is 53.5 Å². The van der Waals surface area contributed by atoms with Gasteiger partial charge in [-0.05, 0) is 6.42 Å². The van der Waals surface area contributed by atoms with Crippen molar-refractivity contribution in [2.45, 2.75) is 18.6 Å². The lowest BCUT2D eigenvalue weighted by atomic mass is 10.3. The number of hydrogen-bond donors (Lipinski definition) is 1. The minimum Gasteiger partial charge on any atom is -0.355 e. The Balaban J connectivity index is 0.00000324. The number of terminal acetylenes is 1. The molecule has 0 spiro atoms. The van der Waals surface area contributed by atoms with E-state index >= 15 is 0 Å². The van der Waals surface area contributed by atoms with Crippen LogP contribution in [-0.2, 0) is 0 Å². The predicted octanol–water partition coefficient (Wildman–Crippen LogP) is 2.37. The Kier molecular flexibility index (Phi) is 12.2. The smallest absolute Gasteiger partial charge is 0.193 e. The zero-order chi connectivity index (χ0) is 13.2. The van der Waals surface area contributed by atoms with Gasteiger partial charge >= 0.3 is 0 Å². The maximum atomic E-state index is 5.22. The molecule has 0 aromatic heterocycles. The largest absolute Gasteiger partial charge is 0.355 e. The van der Waals surface area contributed by atoms with E-state index < -0.39 is 0 Å². The quantitative estimate of drug-likeness (QED) is 0.246. The molecule has 1 N–H and O–H groups in total. The number of nitrogens with one attached hydrogen (secondary N) is 1. The Morgan fingerprint density at radius 3 is 3.05 bits per heavy atom. The van der Waals surface area contributed by atoms with Gasteiger partial charge in [0, 0.05) is 43.4 Å². The van der Waals surface area contributed by atoms with Crippen LogP contribution in [0.2, 0.25) is 0 Å². The average Bonchev–Trinajstić information content (AvgIpc) is 2.43. The number of thioether (sulfide) groups is 2. The number of nitrogens with zero attached hydrogens (tertiary/aromatic N) is 2. The van der Waals surface area contributed by atoms with Gasteiger partial charge < -0.3 is 10.2 Å². The SMILES string of the molecule is C#CCSCCNC(=NC)N1CCSC(CC)C1.I. The van der Waals surface area contributed by atoms with Gasteiger partial charge in [0.25, 0.3) is 0 Å². The first-order chi connectivity index (χ1) is 8.81. The number of aliphatic imine (C=N–C) groups is 1. The maximum Gasteiger partial charge on any atom is 0.193 e. The van der Waals surface area contributed by atoms with Crippen molar-refractivity contribution < 1.29 is 0 Å². The topological polar surface area (TPSA) is 27.6 Å². The highest BCUT2D eigenvalue weighted by Crippen LogP contribution is 2.20. The molecular weight excluding hydrogens is 389 g/mol. The van der Waals surface area contributed by atoms with E-state index in [1.165, 1.54) is 12.2 Å². The lowest BCUT2D eigenvalue weighted by molar-refractivity contribution is 0.409. The van der Waals surface area contributed by atoms with Gasteiger partial charge in [-0.1, -0.05) is 12.8 Å². The summed E-state index contributed by atoms with van der Waals surface area (Å²) in [5.41, 5.74) is 0. The second-order valence-electron chi connectivity index (χ2n) is 4.08. The summed E-state index contributed by atoms with van der Waals surface area (Å²) in [6, 6.07) is 0. The van der Waals surface area contributed by atoms with E-state index in [1.807, 2.05) is 7.05 Å². The first-order valence-electron chi connectivity index (χ1n) is 6.40. The van der Waals surface area contributed by atoms with Crippen molar-refractivity contribution in [1.82, 2.24) is 10.2 Å². The summed E-state index contributed by atoms with van der Waals surface area (Å²) in [4.78, 5) is 6.74. The molecule has 0 aromatic carbocycles. The van der Waals surface area contributed by atoms with Crippen LogP contribution in [0.3, 0.4) is 0 Å². The lowest BCUT2D eigenvalue weighted by Gasteiger charge is -2.34. The van der Waals surface area contributed by atoms with E-state index in [0.29, 0.717) is 0 Å². The van der Waals surface area contributed by atoms with E-state index in [-0.39, 0.29) is 24.0 Å². The van der Waals surface area contributed by atoms with E-state index in [2.05, 4.69) is 39.8 Å². The summed E-state index contributed by atoms with van der Waals surface area (Å²) in [5, 5.41) is 4.16. The lowest BCUT2D eigenvalue weighted by Crippen LogP contribution is -2.48. The summed E-state index contributed by atoms with van der Waals surface area (Å²) in [6.45, 7) is 5.39. The molecule has 1 heterocycles. The highest BCUT2D eigenvalue weighted by Gasteiger charge is 2.20. The third-order valence-electron chi connectivity index (χ3n) is 2.82. The van der Waals surface area contributed by atoms with Crippen LogP contribution in [-0.4, -0.2) is 60.0 Å². The van der Waals surface area contributed by atoms with Crippen LogP contribution < -0.4 is 5.32 Å². The maximum absolute atomic E-state index is 5.22. The number of guanidine groups is 1. The third kappa shape index (κ3) is 7.57. The van der Waals surface area contributed by atoms with Crippen LogP contribution in [0.5, 0.6) is 0 Å².